The number of nitrogens with one attached hydrogen (secondary N) is 1. The normalized spacial score (nSPS) is 10.1. The van der Waals surface area contributed by atoms with Crippen LogP contribution < -0.4 is 0 Å². The average Bonchev–Trinajstić information content (AvgIpc) is 2.90. The Kier molecular flexibility index (Phi) is 3.79. The van der Waals surface area contributed by atoms with Crippen LogP contribution in [0.1, 0.15) is 20.8 Å². The van der Waals surface area contributed by atoms with Crippen LogP contribution in [0.3, 0.4) is 0 Å². The largest absolute Gasteiger partial charge is 0.453 e. The molecule has 2 aromatic rings. The number of carbonyl (C=O) groups excluding carboxylic acids is 2. The fourth-order valence-electron chi connectivity index (χ4n) is 1.43. The van der Waals surface area contributed by atoms with Gasteiger partial charge in [-0.25, -0.2) is 4.79 Å². The van der Waals surface area contributed by atoms with Crippen molar-refractivity contribution in [1.29, 1.82) is 0 Å². The predicted octanol–water partition coefficient (Wildman–Crippen LogP) is 2.71. The lowest BCUT2D eigenvalue weighted by atomic mass is 10.1. The first-order valence-corrected chi connectivity index (χ1v) is 5.64. The van der Waals surface area contributed by atoms with Crippen LogP contribution >= 0.6 is 11.6 Å². The minimum atomic E-state index is -0.569. The van der Waals surface area contributed by atoms with Crippen LogP contribution in [0.15, 0.2) is 42.6 Å². The van der Waals surface area contributed by atoms with Gasteiger partial charge >= 0.3 is 5.97 Å². The van der Waals surface area contributed by atoms with E-state index < -0.39 is 5.97 Å². The first-order chi connectivity index (χ1) is 8.68. The van der Waals surface area contributed by atoms with Crippen molar-refractivity contribution in [3.05, 3.63) is 58.9 Å². The number of ketones is 1. The van der Waals surface area contributed by atoms with Gasteiger partial charge in [0.15, 0.2) is 6.61 Å². The fraction of sp³-hybridized carbons (Fsp3) is 0.0769. The molecule has 0 amide bonds. The molecule has 1 aromatic carbocycles. The summed E-state index contributed by atoms with van der Waals surface area (Å²) in [5, 5.41) is 0.346. The molecule has 0 saturated heterocycles. The Morgan fingerprint density at radius 3 is 2.61 bits per heavy atom. The van der Waals surface area contributed by atoms with E-state index >= 15 is 0 Å². The third-order valence-electron chi connectivity index (χ3n) is 2.33. The van der Waals surface area contributed by atoms with E-state index in [9.17, 15) is 9.59 Å². The van der Waals surface area contributed by atoms with Crippen LogP contribution in [0.4, 0.5) is 0 Å². The second-order valence-corrected chi connectivity index (χ2v) is 3.97. The molecule has 0 saturated carbocycles. The summed E-state index contributed by atoms with van der Waals surface area (Å²) in [6.07, 6.45) is 1.60. The van der Waals surface area contributed by atoms with Crippen molar-refractivity contribution < 1.29 is 14.3 Å². The topological polar surface area (TPSA) is 59.2 Å². The van der Waals surface area contributed by atoms with Gasteiger partial charge in [0.05, 0.1) is 5.02 Å². The summed E-state index contributed by atoms with van der Waals surface area (Å²) in [6.45, 7) is -0.332. The van der Waals surface area contributed by atoms with Crippen molar-refractivity contribution in [3.63, 3.8) is 0 Å². The third-order valence-corrected chi connectivity index (χ3v) is 2.66. The highest BCUT2D eigenvalue weighted by molar-refractivity contribution is 6.34. The zero-order chi connectivity index (χ0) is 13.0. The van der Waals surface area contributed by atoms with E-state index in [0.29, 0.717) is 16.3 Å². The number of benzene rings is 1. The smallest absolute Gasteiger partial charge is 0.355 e. The van der Waals surface area contributed by atoms with Crippen LogP contribution in [-0.4, -0.2) is 23.3 Å². The monoisotopic (exact) mass is 263 g/mol. The molecule has 92 valence electrons. The summed E-state index contributed by atoms with van der Waals surface area (Å²) < 4.78 is 4.88. The van der Waals surface area contributed by atoms with Gasteiger partial charge in [-0.3, -0.25) is 4.79 Å². The van der Waals surface area contributed by atoms with Gasteiger partial charge in [-0.1, -0.05) is 23.7 Å². The van der Waals surface area contributed by atoms with E-state index in [1.54, 1.807) is 42.6 Å². The molecule has 4 nitrogen and oxygen atoms in total. The molecule has 0 atom stereocenters. The van der Waals surface area contributed by atoms with Gasteiger partial charge in [0.2, 0.25) is 5.78 Å². The van der Waals surface area contributed by atoms with E-state index in [4.69, 9.17) is 16.3 Å². The second kappa shape index (κ2) is 5.51. The van der Waals surface area contributed by atoms with Crippen LogP contribution in [0, 0.1) is 0 Å². The maximum absolute atomic E-state index is 11.8. The number of Topliss-reactive ketones (excluding diaryl/α,β-unsaturated/α-hetero) is 1. The number of hydrogen-bond acceptors (Lipinski definition) is 3. The quantitative estimate of drug-likeness (QED) is 0.681. The molecule has 1 heterocycles. The standard InChI is InChI=1S/C13H10ClNO3/c14-10-5-2-1-4-9(10)12(16)8-18-13(17)11-6-3-7-15-11/h1-7,15H,8H2. The SMILES string of the molecule is O=C(OCC(=O)c1ccccc1Cl)c1ccc[nH]1. The number of aromatic amines is 1. The highest BCUT2D eigenvalue weighted by atomic mass is 35.5. The van der Waals surface area contributed by atoms with E-state index in [1.807, 2.05) is 0 Å². The number of carbonyl (C=O) groups is 2. The van der Waals surface area contributed by atoms with Crippen LogP contribution in [0.25, 0.3) is 0 Å². The van der Waals surface area contributed by atoms with E-state index in [2.05, 4.69) is 4.98 Å². The minimum Gasteiger partial charge on any atom is -0.453 e. The summed E-state index contributed by atoms with van der Waals surface area (Å²) in [5.41, 5.74) is 0.653. The molecule has 18 heavy (non-hydrogen) atoms. The number of aromatic nitrogens is 1. The number of rotatable bonds is 4. The van der Waals surface area contributed by atoms with Crippen molar-refractivity contribution in [2.75, 3.05) is 6.61 Å². The molecular weight excluding hydrogens is 254 g/mol. The van der Waals surface area contributed by atoms with E-state index in [1.165, 1.54) is 0 Å². The molecular formula is C13H10ClNO3. The Hall–Kier alpha value is -2.07. The zero-order valence-corrected chi connectivity index (χ0v) is 10.1. The number of esters is 1. The molecule has 0 bridgehead atoms. The Balaban J connectivity index is 1.97. The van der Waals surface area contributed by atoms with Crippen LogP contribution in [-0.2, 0) is 4.74 Å². The zero-order valence-electron chi connectivity index (χ0n) is 9.35. The van der Waals surface area contributed by atoms with Crippen molar-refractivity contribution in [2.24, 2.45) is 0 Å². The lowest BCUT2D eigenvalue weighted by Gasteiger charge is -2.04. The summed E-state index contributed by atoms with van der Waals surface area (Å²) in [4.78, 5) is 26.0. The summed E-state index contributed by atoms with van der Waals surface area (Å²) in [6, 6.07) is 9.87. The fourth-order valence-corrected chi connectivity index (χ4v) is 1.67. The molecule has 5 heteroatoms. The highest BCUT2D eigenvalue weighted by Crippen LogP contribution is 2.15. The van der Waals surface area contributed by atoms with Crippen LogP contribution in [0.5, 0.6) is 0 Å². The molecule has 1 N–H and O–H groups in total. The number of halogens is 1. The number of H-pyrrole nitrogens is 1. The Labute approximate surface area is 109 Å². The van der Waals surface area contributed by atoms with Gasteiger partial charge in [-0.15, -0.1) is 0 Å². The first kappa shape index (κ1) is 12.4. The third kappa shape index (κ3) is 2.78. The van der Waals surface area contributed by atoms with E-state index in [-0.39, 0.29) is 12.4 Å². The van der Waals surface area contributed by atoms with Gasteiger partial charge < -0.3 is 9.72 Å². The molecule has 0 spiro atoms. The van der Waals surface area contributed by atoms with Crippen LogP contribution in [0.2, 0.25) is 5.02 Å². The molecule has 0 aliphatic carbocycles. The molecule has 2 rings (SSSR count). The number of ether oxygens (including phenoxy) is 1. The first-order valence-electron chi connectivity index (χ1n) is 5.26. The average molecular weight is 264 g/mol. The Morgan fingerprint density at radius 2 is 1.94 bits per heavy atom. The maximum Gasteiger partial charge on any atom is 0.355 e. The molecule has 0 aliphatic rings. The van der Waals surface area contributed by atoms with Crippen molar-refractivity contribution in [2.45, 2.75) is 0 Å². The maximum atomic E-state index is 11.8. The summed E-state index contributed by atoms with van der Waals surface area (Å²) in [5.74, 6) is -0.902. The van der Waals surface area contributed by atoms with Gasteiger partial charge in [0.1, 0.15) is 5.69 Å². The second-order valence-electron chi connectivity index (χ2n) is 3.56. The van der Waals surface area contributed by atoms with Gasteiger partial charge in [0, 0.05) is 11.8 Å². The molecule has 0 aliphatic heterocycles. The summed E-state index contributed by atoms with van der Waals surface area (Å²) >= 11 is 5.87. The molecule has 0 fully saturated rings. The lowest BCUT2D eigenvalue weighted by Crippen LogP contribution is -2.14. The van der Waals surface area contributed by atoms with Gasteiger partial charge in [-0.05, 0) is 24.3 Å². The Morgan fingerprint density at radius 1 is 1.17 bits per heavy atom. The molecule has 0 unspecified atom stereocenters. The van der Waals surface area contributed by atoms with Gasteiger partial charge in [0.25, 0.3) is 0 Å². The van der Waals surface area contributed by atoms with Crippen molar-refractivity contribution in [1.82, 2.24) is 4.98 Å². The minimum absolute atomic E-state index is 0.307. The molecule has 0 radical (unpaired) electrons. The lowest BCUT2D eigenvalue weighted by molar-refractivity contribution is 0.0469. The predicted molar refractivity (Wildman–Crippen MR) is 66.9 cm³/mol. The Bertz CT molecular complexity index is 563. The molecule has 1 aromatic heterocycles. The number of hydrogen-bond donors (Lipinski definition) is 1. The summed E-state index contributed by atoms with van der Waals surface area (Å²) in [7, 11) is 0. The van der Waals surface area contributed by atoms with Crippen molar-refractivity contribution in [3.8, 4) is 0 Å². The van der Waals surface area contributed by atoms with E-state index in [0.717, 1.165) is 0 Å². The van der Waals surface area contributed by atoms with Crippen molar-refractivity contribution >= 4 is 23.4 Å². The van der Waals surface area contributed by atoms with Gasteiger partial charge in [-0.2, -0.15) is 0 Å². The highest BCUT2D eigenvalue weighted by Gasteiger charge is 2.13.